The van der Waals surface area contributed by atoms with E-state index in [1.807, 2.05) is 74.5 Å². The molecule has 32 heavy (non-hydrogen) atoms. The van der Waals surface area contributed by atoms with Gasteiger partial charge in [0.25, 0.3) is 5.91 Å². The van der Waals surface area contributed by atoms with Gasteiger partial charge in [0.2, 0.25) is 0 Å². The van der Waals surface area contributed by atoms with Gasteiger partial charge in [-0.3, -0.25) is 4.79 Å². The molecule has 0 fully saturated rings. The molecule has 0 bridgehead atoms. The highest BCUT2D eigenvalue weighted by molar-refractivity contribution is 6.12. The lowest BCUT2D eigenvalue weighted by Crippen LogP contribution is -2.13. The molecule has 0 aliphatic carbocycles. The third kappa shape index (κ3) is 3.49. The van der Waals surface area contributed by atoms with Crippen LogP contribution in [0.5, 0.6) is 0 Å². The number of carbonyl (C=O) groups is 1. The summed E-state index contributed by atoms with van der Waals surface area (Å²) < 4.78 is 3.40. The molecule has 0 saturated heterocycles. The number of carbonyl (C=O) groups excluding carboxylic acids is 1. The van der Waals surface area contributed by atoms with Crippen molar-refractivity contribution in [2.24, 2.45) is 0 Å². The molecule has 1 amide bonds. The Balaban J connectivity index is 1.55. The largest absolute Gasteiger partial charge is 0.322 e. The Bertz CT molecular complexity index is 1420. The SMILES string of the molecule is CCn1ncc2c(C(=O)Nc3cccc(-n4nnnc4C)c3)cc(-c3ccccc3)nc21. The number of anilines is 1. The summed E-state index contributed by atoms with van der Waals surface area (Å²) in [5.41, 5.74) is 4.24. The predicted molar refractivity (Wildman–Crippen MR) is 120 cm³/mol. The molecular formula is C23H20N8O. The fourth-order valence-corrected chi connectivity index (χ4v) is 3.61. The van der Waals surface area contributed by atoms with Crippen LogP contribution in [0.2, 0.25) is 0 Å². The first-order valence-electron chi connectivity index (χ1n) is 10.2. The van der Waals surface area contributed by atoms with Crippen molar-refractivity contribution in [3.63, 3.8) is 0 Å². The van der Waals surface area contributed by atoms with Crippen LogP contribution in [-0.2, 0) is 6.54 Å². The predicted octanol–water partition coefficient (Wildman–Crippen LogP) is 3.65. The Kier molecular flexibility index (Phi) is 4.91. The average Bonchev–Trinajstić information content (AvgIpc) is 3.45. The topological polar surface area (TPSA) is 103 Å². The van der Waals surface area contributed by atoms with Gasteiger partial charge in [0.15, 0.2) is 11.5 Å². The van der Waals surface area contributed by atoms with Crippen molar-refractivity contribution in [2.75, 3.05) is 5.32 Å². The quantitative estimate of drug-likeness (QED) is 0.462. The van der Waals surface area contributed by atoms with E-state index in [0.717, 1.165) is 16.9 Å². The molecule has 0 atom stereocenters. The van der Waals surface area contributed by atoms with Crippen molar-refractivity contribution in [3.05, 3.63) is 78.2 Å². The van der Waals surface area contributed by atoms with E-state index in [1.165, 1.54) is 0 Å². The summed E-state index contributed by atoms with van der Waals surface area (Å²) in [6.07, 6.45) is 1.69. The number of nitrogens with one attached hydrogen (secondary N) is 1. The summed E-state index contributed by atoms with van der Waals surface area (Å²) in [6.45, 7) is 4.47. The van der Waals surface area contributed by atoms with Gasteiger partial charge in [-0.2, -0.15) is 9.78 Å². The van der Waals surface area contributed by atoms with Gasteiger partial charge in [-0.25, -0.2) is 9.67 Å². The molecule has 3 aromatic heterocycles. The van der Waals surface area contributed by atoms with Crippen LogP contribution >= 0.6 is 0 Å². The van der Waals surface area contributed by atoms with Crippen LogP contribution < -0.4 is 5.32 Å². The number of hydrogen-bond acceptors (Lipinski definition) is 6. The lowest BCUT2D eigenvalue weighted by atomic mass is 10.1. The molecule has 5 aromatic rings. The van der Waals surface area contributed by atoms with Crippen molar-refractivity contribution < 1.29 is 4.79 Å². The summed E-state index contributed by atoms with van der Waals surface area (Å²) in [5, 5.41) is 19.7. The normalized spacial score (nSPS) is 11.1. The van der Waals surface area contributed by atoms with Crippen LogP contribution in [-0.4, -0.2) is 40.9 Å². The monoisotopic (exact) mass is 424 g/mol. The van der Waals surface area contributed by atoms with Crippen LogP contribution in [0.15, 0.2) is 66.9 Å². The number of tetrazole rings is 1. The number of hydrogen-bond donors (Lipinski definition) is 1. The molecule has 1 N–H and O–H groups in total. The zero-order valence-electron chi connectivity index (χ0n) is 17.6. The maximum atomic E-state index is 13.4. The van der Waals surface area contributed by atoms with Crippen molar-refractivity contribution in [3.8, 4) is 16.9 Å². The zero-order valence-corrected chi connectivity index (χ0v) is 17.6. The maximum absolute atomic E-state index is 13.4. The zero-order chi connectivity index (χ0) is 22.1. The molecule has 0 radical (unpaired) electrons. The summed E-state index contributed by atoms with van der Waals surface area (Å²) in [4.78, 5) is 18.1. The number of rotatable bonds is 5. The van der Waals surface area contributed by atoms with E-state index >= 15 is 0 Å². The standard InChI is InChI=1S/C23H20N8O/c1-3-30-22-20(14-24-30)19(13-21(26-22)16-8-5-4-6-9-16)23(32)25-17-10-7-11-18(12-17)31-15(2)27-28-29-31/h4-14H,3H2,1-2H3,(H,25,32). The second-order valence-electron chi connectivity index (χ2n) is 7.26. The second-order valence-corrected chi connectivity index (χ2v) is 7.26. The molecule has 9 nitrogen and oxygen atoms in total. The fraction of sp³-hybridized carbons (Fsp3) is 0.130. The lowest BCUT2D eigenvalue weighted by molar-refractivity contribution is 0.102. The Morgan fingerprint density at radius 3 is 2.66 bits per heavy atom. The highest BCUT2D eigenvalue weighted by atomic mass is 16.1. The number of pyridine rings is 1. The van der Waals surface area contributed by atoms with E-state index in [1.54, 1.807) is 15.6 Å². The smallest absolute Gasteiger partial charge is 0.256 e. The lowest BCUT2D eigenvalue weighted by Gasteiger charge is -2.10. The van der Waals surface area contributed by atoms with E-state index < -0.39 is 0 Å². The van der Waals surface area contributed by atoms with Gasteiger partial charge in [0.05, 0.1) is 28.5 Å². The minimum absolute atomic E-state index is 0.240. The maximum Gasteiger partial charge on any atom is 0.256 e. The van der Waals surface area contributed by atoms with Gasteiger partial charge in [0, 0.05) is 17.8 Å². The number of fused-ring (bicyclic) bond motifs is 1. The Morgan fingerprint density at radius 2 is 1.91 bits per heavy atom. The number of nitrogens with zero attached hydrogens (tertiary/aromatic N) is 7. The van der Waals surface area contributed by atoms with Crippen LogP contribution in [0.3, 0.4) is 0 Å². The Morgan fingerprint density at radius 1 is 1.06 bits per heavy atom. The summed E-state index contributed by atoms with van der Waals surface area (Å²) in [7, 11) is 0. The van der Waals surface area contributed by atoms with Crippen LogP contribution in [0, 0.1) is 6.92 Å². The third-order valence-corrected chi connectivity index (χ3v) is 5.20. The molecule has 9 heteroatoms. The van der Waals surface area contributed by atoms with Crippen LogP contribution in [0.25, 0.3) is 28.0 Å². The summed E-state index contributed by atoms with van der Waals surface area (Å²) in [6, 6.07) is 19.0. The highest BCUT2D eigenvalue weighted by Crippen LogP contribution is 2.26. The van der Waals surface area contributed by atoms with Crippen LogP contribution in [0.4, 0.5) is 5.69 Å². The highest BCUT2D eigenvalue weighted by Gasteiger charge is 2.18. The first-order valence-corrected chi connectivity index (χ1v) is 10.2. The van der Waals surface area contributed by atoms with Crippen LogP contribution in [0.1, 0.15) is 23.1 Å². The molecule has 2 aromatic carbocycles. The third-order valence-electron chi connectivity index (χ3n) is 5.20. The molecule has 0 saturated carbocycles. The minimum atomic E-state index is -0.240. The summed E-state index contributed by atoms with van der Waals surface area (Å²) >= 11 is 0. The molecule has 0 unspecified atom stereocenters. The molecule has 0 aliphatic rings. The first kappa shape index (κ1) is 19.6. The van der Waals surface area contributed by atoms with E-state index in [2.05, 4.69) is 25.9 Å². The van der Waals surface area contributed by atoms with Gasteiger partial charge < -0.3 is 5.32 Å². The van der Waals surface area contributed by atoms with E-state index in [-0.39, 0.29) is 5.91 Å². The van der Waals surface area contributed by atoms with Gasteiger partial charge in [-0.1, -0.05) is 36.4 Å². The molecular weight excluding hydrogens is 404 g/mol. The number of benzene rings is 2. The van der Waals surface area contributed by atoms with Crippen molar-refractivity contribution >= 4 is 22.6 Å². The number of aryl methyl sites for hydroxylation is 2. The first-order chi connectivity index (χ1) is 15.6. The van der Waals surface area contributed by atoms with Crippen molar-refractivity contribution in [2.45, 2.75) is 20.4 Å². The summed E-state index contributed by atoms with van der Waals surface area (Å²) in [5.74, 6) is 0.416. The Labute approximate surface area is 183 Å². The van der Waals surface area contributed by atoms with Gasteiger partial charge >= 0.3 is 0 Å². The minimum Gasteiger partial charge on any atom is -0.322 e. The van der Waals surface area contributed by atoms with E-state index in [9.17, 15) is 4.79 Å². The van der Waals surface area contributed by atoms with E-state index in [0.29, 0.717) is 34.7 Å². The van der Waals surface area contributed by atoms with Gasteiger partial charge in [-0.15, -0.1) is 5.10 Å². The Hall–Kier alpha value is -4.40. The second kappa shape index (κ2) is 8.03. The number of amides is 1. The number of aromatic nitrogens is 7. The fourth-order valence-electron chi connectivity index (χ4n) is 3.61. The van der Waals surface area contributed by atoms with Crippen molar-refractivity contribution in [1.29, 1.82) is 0 Å². The molecule has 5 rings (SSSR count). The van der Waals surface area contributed by atoms with Gasteiger partial charge in [0.1, 0.15) is 0 Å². The average molecular weight is 424 g/mol. The molecule has 3 heterocycles. The van der Waals surface area contributed by atoms with E-state index in [4.69, 9.17) is 4.98 Å². The molecule has 0 aliphatic heterocycles. The van der Waals surface area contributed by atoms with Crippen molar-refractivity contribution in [1.82, 2.24) is 35.0 Å². The molecule has 0 spiro atoms. The van der Waals surface area contributed by atoms with Gasteiger partial charge in [-0.05, 0) is 48.5 Å². The molecule has 158 valence electrons.